The predicted molar refractivity (Wildman–Crippen MR) is 76.6 cm³/mol. The van der Waals surface area contributed by atoms with Gasteiger partial charge in [0.1, 0.15) is 23.9 Å². The lowest BCUT2D eigenvalue weighted by Gasteiger charge is -2.18. The topological polar surface area (TPSA) is 59.2 Å². The fourth-order valence-corrected chi connectivity index (χ4v) is 3.35. The van der Waals surface area contributed by atoms with Gasteiger partial charge in [0.25, 0.3) is 5.82 Å². The quantitative estimate of drug-likeness (QED) is 0.917. The molecule has 2 N–H and O–H groups in total. The molecule has 0 amide bonds. The van der Waals surface area contributed by atoms with E-state index in [1.165, 1.54) is 29.7 Å². The zero-order valence-electron chi connectivity index (χ0n) is 12.1. The Morgan fingerprint density at radius 2 is 2.10 bits per heavy atom. The fraction of sp³-hybridized carbons (Fsp3) is 0.625. The molecule has 1 aliphatic heterocycles. The van der Waals surface area contributed by atoms with Crippen molar-refractivity contribution < 1.29 is 9.72 Å². The molecule has 1 aromatic heterocycles. The molecule has 3 rings (SSSR count). The lowest BCUT2D eigenvalue weighted by atomic mass is 9.88. The third-order valence-electron chi connectivity index (χ3n) is 4.43. The van der Waals surface area contributed by atoms with Gasteiger partial charge in [0.05, 0.1) is 6.10 Å². The molecule has 0 bridgehead atoms. The number of aromatic nitrogens is 1. The molecule has 0 unspecified atom stereocenters. The zero-order chi connectivity index (χ0) is 13.9. The summed E-state index contributed by atoms with van der Waals surface area (Å²) >= 11 is 0. The highest BCUT2D eigenvalue weighted by atomic mass is 16.5. The average molecular weight is 272 g/mol. The number of nitrogens with zero attached hydrogens (tertiary/aromatic N) is 1. The lowest BCUT2D eigenvalue weighted by molar-refractivity contribution is -0.372. The number of anilines is 1. The number of nitriles is 1. The van der Waals surface area contributed by atoms with E-state index < -0.39 is 0 Å². The Bertz CT molecular complexity index is 542. The highest BCUT2D eigenvalue weighted by Crippen LogP contribution is 2.28. The number of hydrogen-bond acceptors (Lipinski definition) is 3. The minimum absolute atomic E-state index is 0.284. The number of fused-ring (bicyclic) bond motifs is 1. The first-order valence-corrected chi connectivity index (χ1v) is 7.63. The SMILES string of the molecule is Cc1[nH+]c(NC[C@@H]2CCCO2)c(C#N)c2c1CCCC2. The van der Waals surface area contributed by atoms with Gasteiger partial charge in [0.2, 0.25) is 0 Å². The van der Waals surface area contributed by atoms with E-state index in [2.05, 4.69) is 23.3 Å². The number of pyridine rings is 1. The Morgan fingerprint density at radius 1 is 1.30 bits per heavy atom. The first-order chi connectivity index (χ1) is 9.79. The highest BCUT2D eigenvalue weighted by Gasteiger charge is 2.25. The predicted octanol–water partition coefficient (Wildman–Crippen LogP) is 2.15. The lowest BCUT2D eigenvalue weighted by Crippen LogP contribution is -2.27. The van der Waals surface area contributed by atoms with E-state index >= 15 is 0 Å². The van der Waals surface area contributed by atoms with Crippen LogP contribution in [0.25, 0.3) is 0 Å². The number of aromatic amines is 1. The van der Waals surface area contributed by atoms with Crippen LogP contribution in [0.15, 0.2) is 0 Å². The van der Waals surface area contributed by atoms with E-state index in [1.807, 2.05) is 0 Å². The molecule has 2 heterocycles. The van der Waals surface area contributed by atoms with Crippen molar-refractivity contribution in [3.8, 4) is 6.07 Å². The van der Waals surface area contributed by atoms with Gasteiger partial charge in [-0.15, -0.1) is 0 Å². The molecule has 4 heteroatoms. The number of rotatable bonds is 3. The van der Waals surface area contributed by atoms with Crippen LogP contribution in [0.3, 0.4) is 0 Å². The van der Waals surface area contributed by atoms with Crippen LogP contribution in [0.5, 0.6) is 0 Å². The summed E-state index contributed by atoms with van der Waals surface area (Å²) in [5, 5.41) is 12.9. The molecule has 1 atom stereocenters. The van der Waals surface area contributed by atoms with Crippen molar-refractivity contribution in [1.29, 1.82) is 5.26 Å². The molecule has 1 saturated heterocycles. The average Bonchev–Trinajstić information content (AvgIpc) is 2.99. The summed E-state index contributed by atoms with van der Waals surface area (Å²) in [6.07, 6.45) is 7.08. The van der Waals surface area contributed by atoms with E-state index in [9.17, 15) is 5.26 Å². The number of hydrogen-bond donors (Lipinski definition) is 1. The molecule has 0 spiro atoms. The van der Waals surface area contributed by atoms with E-state index in [-0.39, 0.29) is 6.10 Å². The Labute approximate surface area is 120 Å². The van der Waals surface area contributed by atoms with Crippen molar-refractivity contribution >= 4 is 5.82 Å². The molecular weight excluding hydrogens is 250 g/mol. The van der Waals surface area contributed by atoms with Crippen LogP contribution < -0.4 is 10.3 Å². The first kappa shape index (κ1) is 13.4. The van der Waals surface area contributed by atoms with Crippen LogP contribution in [0, 0.1) is 18.3 Å². The van der Waals surface area contributed by atoms with Crippen LogP contribution in [-0.4, -0.2) is 19.3 Å². The Morgan fingerprint density at radius 3 is 2.80 bits per heavy atom. The summed E-state index contributed by atoms with van der Waals surface area (Å²) in [6, 6.07) is 2.39. The fourth-order valence-electron chi connectivity index (χ4n) is 3.35. The van der Waals surface area contributed by atoms with Gasteiger partial charge in [-0.05, 0) is 56.6 Å². The number of H-pyrrole nitrogens is 1. The molecule has 1 aliphatic carbocycles. The van der Waals surface area contributed by atoms with Gasteiger partial charge in [0.15, 0.2) is 0 Å². The van der Waals surface area contributed by atoms with E-state index in [0.717, 1.165) is 50.2 Å². The van der Waals surface area contributed by atoms with Crippen LogP contribution in [-0.2, 0) is 17.6 Å². The normalized spacial score (nSPS) is 21.3. The second-order valence-corrected chi connectivity index (χ2v) is 5.79. The maximum atomic E-state index is 9.52. The number of aryl methyl sites for hydroxylation is 1. The molecule has 0 aromatic carbocycles. The van der Waals surface area contributed by atoms with Crippen molar-refractivity contribution in [2.24, 2.45) is 0 Å². The van der Waals surface area contributed by atoms with Crippen LogP contribution in [0.1, 0.15) is 48.1 Å². The Hall–Kier alpha value is -1.60. The summed E-state index contributed by atoms with van der Waals surface area (Å²) in [5.41, 5.74) is 4.62. The molecule has 2 aliphatic rings. The number of ether oxygens (including phenoxy) is 1. The second-order valence-electron chi connectivity index (χ2n) is 5.79. The van der Waals surface area contributed by atoms with E-state index in [1.54, 1.807) is 0 Å². The molecule has 106 valence electrons. The van der Waals surface area contributed by atoms with Gasteiger partial charge >= 0.3 is 0 Å². The van der Waals surface area contributed by atoms with Crippen molar-refractivity contribution in [3.05, 3.63) is 22.4 Å². The standard InChI is InChI=1S/C16H21N3O/c1-11-13-6-2-3-7-14(13)15(9-17)16(19-11)18-10-12-5-4-8-20-12/h12H,2-8,10H2,1H3,(H,18,19)/p+1/t12-/m0/s1. The van der Waals surface area contributed by atoms with Gasteiger partial charge in [-0.2, -0.15) is 5.26 Å². The Balaban J connectivity index is 1.86. The smallest absolute Gasteiger partial charge is 0.290 e. The van der Waals surface area contributed by atoms with Crippen molar-refractivity contribution in [2.75, 3.05) is 18.5 Å². The van der Waals surface area contributed by atoms with E-state index in [0.29, 0.717) is 0 Å². The maximum absolute atomic E-state index is 9.52. The summed E-state index contributed by atoms with van der Waals surface area (Å²) in [4.78, 5) is 3.39. The van der Waals surface area contributed by atoms with Gasteiger partial charge in [0, 0.05) is 6.61 Å². The summed E-state index contributed by atoms with van der Waals surface area (Å²) in [5.74, 6) is 0.876. The highest BCUT2D eigenvalue weighted by molar-refractivity contribution is 5.56. The largest absolute Gasteiger partial charge is 0.374 e. The summed E-state index contributed by atoms with van der Waals surface area (Å²) in [6.45, 7) is 3.76. The molecule has 0 saturated carbocycles. The Kier molecular flexibility index (Phi) is 3.88. The van der Waals surface area contributed by atoms with Gasteiger partial charge in [-0.3, -0.25) is 5.32 Å². The molecular formula is C16H22N3O+. The molecule has 4 nitrogen and oxygen atoms in total. The monoisotopic (exact) mass is 272 g/mol. The summed E-state index contributed by atoms with van der Waals surface area (Å²) in [7, 11) is 0. The maximum Gasteiger partial charge on any atom is 0.290 e. The second kappa shape index (κ2) is 5.80. The third-order valence-corrected chi connectivity index (χ3v) is 4.43. The van der Waals surface area contributed by atoms with Crippen molar-refractivity contribution in [3.63, 3.8) is 0 Å². The van der Waals surface area contributed by atoms with Gasteiger partial charge in [-0.25, -0.2) is 4.98 Å². The first-order valence-electron chi connectivity index (χ1n) is 7.63. The van der Waals surface area contributed by atoms with Crippen LogP contribution >= 0.6 is 0 Å². The van der Waals surface area contributed by atoms with Crippen molar-refractivity contribution in [2.45, 2.75) is 51.6 Å². The molecule has 0 radical (unpaired) electrons. The minimum Gasteiger partial charge on any atom is -0.374 e. The molecule has 20 heavy (non-hydrogen) atoms. The number of nitrogens with one attached hydrogen (secondary N) is 2. The summed E-state index contributed by atoms with van der Waals surface area (Å²) < 4.78 is 5.63. The molecule has 1 aromatic rings. The molecule has 1 fully saturated rings. The van der Waals surface area contributed by atoms with E-state index in [4.69, 9.17) is 4.74 Å². The van der Waals surface area contributed by atoms with Crippen LogP contribution in [0.2, 0.25) is 0 Å². The third kappa shape index (κ3) is 2.51. The van der Waals surface area contributed by atoms with Crippen LogP contribution in [0.4, 0.5) is 5.82 Å². The van der Waals surface area contributed by atoms with Gasteiger partial charge < -0.3 is 4.74 Å². The minimum atomic E-state index is 0.284. The zero-order valence-corrected chi connectivity index (χ0v) is 12.1. The van der Waals surface area contributed by atoms with Gasteiger partial charge in [-0.1, -0.05) is 0 Å². The van der Waals surface area contributed by atoms with Crippen molar-refractivity contribution in [1.82, 2.24) is 0 Å².